The van der Waals surface area contributed by atoms with Crippen LogP contribution in [0.3, 0.4) is 0 Å². The third-order valence-electron chi connectivity index (χ3n) is 4.00. The lowest BCUT2D eigenvalue weighted by atomic mass is 9.71. The van der Waals surface area contributed by atoms with Gasteiger partial charge in [0.15, 0.2) is 0 Å². The zero-order valence-electron chi connectivity index (χ0n) is 10.8. The second-order valence-corrected chi connectivity index (χ2v) is 5.85. The van der Waals surface area contributed by atoms with E-state index in [2.05, 4.69) is 36.6 Å². The predicted molar refractivity (Wildman–Crippen MR) is 66.3 cm³/mol. The van der Waals surface area contributed by atoms with Crippen LogP contribution in [-0.4, -0.2) is 15.8 Å². The Labute approximate surface area is 98.0 Å². The minimum Gasteiger partial charge on any atom is -0.325 e. The molecule has 2 atom stereocenters. The van der Waals surface area contributed by atoms with E-state index in [1.54, 1.807) is 0 Å². The van der Waals surface area contributed by atoms with Crippen LogP contribution in [-0.2, 0) is 0 Å². The van der Waals surface area contributed by atoms with E-state index in [1.165, 1.54) is 18.5 Å². The number of nitrogens with zero attached hydrogens (tertiary/aromatic N) is 2. The lowest BCUT2D eigenvalue weighted by molar-refractivity contribution is 0.134. The summed E-state index contributed by atoms with van der Waals surface area (Å²) in [6.45, 7) is 8.71. The van der Waals surface area contributed by atoms with Gasteiger partial charge in [0.1, 0.15) is 0 Å². The Bertz CT molecular complexity index is 379. The topological polar surface area (TPSA) is 43.8 Å². The highest BCUT2D eigenvalue weighted by atomic mass is 15.3. The molecule has 0 bridgehead atoms. The summed E-state index contributed by atoms with van der Waals surface area (Å²) >= 11 is 0. The molecule has 0 spiro atoms. The van der Waals surface area contributed by atoms with E-state index in [1.807, 2.05) is 6.92 Å². The standard InChI is InChI=1S/C13H23N3/c1-9-8-10(2)16(15-9)11-6-5-7-13(3,4)12(11)14/h8,11-12H,5-7,14H2,1-4H3. The highest BCUT2D eigenvalue weighted by molar-refractivity contribution is 5.09. The number of nitrogens with two attached hydrogens (primary N) is 1. The van der Waals surface area contributed by atoms with Gasteiger partial charge in [-0.3, -0.25) is 4.68 Å². The lowest BCUT2D eigenvalue weighted by Crippen LogP contribution is -2.47. The Morgan fingerprint density at radius 2 is 2.12 bits per heavy atom. The molecule has 2 rings (SSSR count). The van der Waals surface area contributed by atoms with Crippen LogP contribution in [0.15, 0.2) is 6.07 Å². The van der Waals surface area contributed by atoms with E-state index in [4.69, 9.17) is 5.73 Å². The SMILES string of the molecule is Cc1cc(C)n(C2CCCC(C)(C)C2N)n1. The van der Waals surface area contributed by atoms with Crippen LogP contribution in [0.2, 0.25) is 0 Å². The maximum Gasteiger partial charge on any atom is 0.0678 e. The summed E-state index contributed by atoms with van der Waals surface area (Å²) in [5.41, 5.74) is 8.96. The van der Waals surface area contributed by atoms with E-state index in [-0.39, 0.29) is 11.5 Å². The Morgan fingerprint density at radius 1 is 1.44 bits per heavy atom. The van der Waals surface area contributed by atoms with E-state index in [9.17, 15) is 0 Å². The van der Waals surface area contributed by atoms with Gasteiger partial charge in [0, 0.05) is 11.7 Å². The summed E-state index contributed by atoms with van der Waals surface area (Å²) in [7, 11) is 0. The summed E-state index contributed by atoms with van der Waals surface area (Å²) in [5, 5.41) is 4.59. The quantitative estimate of drug-likeness (QED) is 0.792. The Kier molecular flexibility index (Phi) is 2.82. The van der Waals surface area contributed by atoms with E-state index >= 15 is 0 Å². The molecule has 1 saturated carbocycles. The van der Waals surface area contributed by atoms with Crippen molar-refractivity contribution in [1.82, 2.24) is 9.78 Å². The molecule has 0 saturated heterocycles. The number of aromatic nitrogens is 2. The molecular weight excluding hydrogens is 198 g/mol. The monoisotopic (exact) mass is 221 g/mol. The van der Waals surface area contributed by atoms with Crippen LogP contribution in [0.5, 0.6) is 0 Å². The summed E-state index contributed by atoms with van der Waals surface area (Å²) in [5.74, 6) is 0. The molecule has 1 aliphatic carbocycles. The molecule has 1 heterocycles. The molecule has 0 radical (unpaired) electrons. The van der Waals surface area contributed by atoms with Crippen LogP contribution in [0.1, 0.15) is 50.5 Å². The first-order chi connectivity index (χ1) is 7.42. The highest BCUT2D eigenvalue weighted by Gasteiger charge is 2.38. The normalized spacial score (nSPS) is 29.3. The zero-order chi connectivity index (χ0) is 11.9. The van der Waals surface area contributed by atoms with Crippen LogP contribution < -0.4 is 5.73 Å². The van der Waals surface area contributed by atoms with Crippen molar-refractivity contribution >= 4 is 0 Å². The van der Waals surface area contributed by atoms with Gasteiger partial charge < -0.3 is 5.73 Å². The van der Waals surface area contributed by atoms with Gasteiger partial charge in [0.05, 0.1) is 11.7 Å². The van der Waals surface area contributed by atoms with Crippen molar-refractivity contribution in [3.8, 4) is 0 Å². The van der Waals surface area contributed by atoms with Gasteiger partial charge >= 0.3 is 0 Å². The minimum absolute atomic E-state index is 0.208. The third kappa shape index (κ3) is 1.88. The average Bonchev–Trinajstić information content (AvgIpc) is 2.50. The van der Waals surface area contributed by atoms with Crippen molar-refractivity contribution in [1.29, 1.82) is 0 Å². The minimum atomic E-state index is 0.208. The van der Waals surface area contributed by atoms with Gasteiger partial charge in [-0.05, 0) is 38.2 Å². The molecule has 1 aromatic heterocycles. The van der Waals surface area contributed by atoms with Crippen molar-refractivity contribution in [3.05, 3.63) is 17.5 Å². The highest BCUT2D eigenvalue weighted by Crippen LogP contribution is 2.40. The van der Waals surface area contributed by atoms with Crippen LogP contribution >= 0.6 is 0 Å². The summed E-state index contributed by atoms with van der Waals surface area (Å²) < 4.78 is 2.14. The Balaban J connectivity index is 2.30. The molecule has 2 N–H and O–H groups in total. The molecule has 1 aromatic rings. The largest absolute Gasteiger partial charge is 0.325 e. The summed E-state index contributed by atoms with van der Waals surface area (Å²) in [4.78, 5) is 0. The van der Waals surface area contributed by atoms with Crippen molar-refractivity contribution in [2.45, 2.75) is 59.0 Å². The maximum atomic E-state index is 6.41. The molecule has 90 valence electrons. The molecule has 16 heavy (non-hydrogen) atoms. The van der Waals surface area contributed by atoms with Gasteiger partial charge in [0.2, 0.25) is 0 Å². The molecule has 3 heteroatoms. The molecule has 0 aromatic carbocycles. The molecule has 1 aliphatic rings. The van der Waals surface area contributed by atoms with E-state index < -0.39 is 0 Å². The molecule has 1 fully saturated rings. The first kappa shape index (κ1) is 11.6. The van der Waals surface area contributed by atoms with Gasteiger partial charge in [0.25, 0.3) is 0 Å². The van der Waals surface area contributed by atoms with Gasteiger partial charge in [-0.2, -0.15) is 5.10 Å². The fraction of sp³-hybridized carbons (Fsp3) is 0.769. The van der Waals surface area contributed by atoms with Crippen LogP contribution in [0.25, 0.3) is 0 Å². The van der Waals surface area contributed by atoms with E-state index in [0.717, 1.165) is 12.1 Å². The molecule has 0 aliphatic heterocycles. The van der Waals surface area contributed by atoms with Gasteiger partial charge in [-0.25, -0.2) is 0 Å². The molecular formula is C13H23N3. The first-order valence-electron chi connectivity index (χ1n) is 6.20. The summed E-state index contributed by atoms with van der Waals surface area (Å²) in [6, 6.07) is 2.71. The van der Waals surface area contributed by atoms with Crippen molar-refractivity contribution in [2.24, 2.45) is 11.1 Å². The predicted octanol–water partition coefficient (Wildman–Crippen LogP) is 2.58. The van der Waals surface area contributed by atoms with E-state index in [0.29, 0.717) is 6.04 Å². The van der Waals surface area contributed by atoms with Gasteiger partial charge in [-0.15, -0.1) is 0 Å². The fourth-order valence-electron chi connectivity index (χ4n) is 2.89. The number of rotatable bonds is 1. The third-order valence-corrected chi connectivity index (χ3v) is 4.00. The number of hydrogen-bond acceptors (Lipinski definition) is 2. The molecule has 0 amide bonds. The first-order valence-corrected chi connectivity index (χ1v) is 6.20. The summed E-state index contributed by atoms with van der Waals surface area (Å²) in [6.07, 6.45) is 3.64. The van der Waals surface area contributed by atoms with Crippen LogP contribution in [0.4, 0.5) is 0 Å². The lowest BCUT2D eigenvalue weighted by Gasteiger charge is -2.42. The second-order valence-electron chi connectivity index (χ2n) is 5.85. The van der Waals surface area contributed by atoms with Crippen molar-refractivity contribution in [3.63, 3.8) is 0 Å². The van der Waals surface area contributed by atoms with Crippen molar-refractivity contribution < 1.29 is 0 Å². The molecule has 3 nitrogen and oxygen atoms in total. The fourth-order valence-corrected chi connectivity index (χ4v) is 2.89. The number of aryl methyl sites for hydroxylation is 2. The average molecular weight is 221 g/mol. The Morgan fingerprint density at radius 3 is 2.69 bits per heavy atom. The molecule has 2 unspecified atom stereocenters. The van der Waals surface area contributed by atoms with Crippen molar-refractivity contribution in [2.75, 3.05) is 0 Å². The number of hydrogen-bond donors (Lipinski definition) is 1. The zero-order valence-corrected chi connectivity index (χ0v) is 10.8. The Hall–Kier alpha value is -0.830. The van der Waals surface area contributed by atoms with Crippen LogP contribution in [0, 0.1) is 19.3 Å². The van der Waals surface area contributed by atoms with Gasteiger partial charge in [-0.1, -0.05) is 20.3 Å². The smallest absolute Gasteiger partial charge is 0.0678 e. The maximum absolute atomic E-state index is 6.41. The second kappa shape index (κ2) is 3.88.